The van der Waals surface area contributed by atoms with Crippen LogP contribution in [0.3, 0.4) is 0 Å². The van der Waals surface area contributed by atoms with Gasteiger partial charge in [0.15, 0.2) is 11.4 Å². The largest absolute Gasteiger partial charge is 0.489 e. The molecule has 1 saturated carbocycles. The summed E-state index contributed by atoms with van der Waals surface area (Å²) in [5.41, 5.74) is 3.45. The van der Waals surface area contributed by atoms with Crippen molar-refractivity contribution in [1.29, 1.82) is 0 Å². The van der Waals surface area contributed by atoms with Crippen molar-refractivity contribution in [2.45, 2.75) is 64.8 Å². The number of aryl methyl sites for hydroxylation is 2. The summed E-state index contributed by atoms with van der Waals surface area (Å²) in [6.07, 6.45) is 8.38. The Morgan fingerprint density at radius 2 is 1.94 bits per heavy atom. The second-order valence-corrected chi connectivity index (χ2v) is 10.3. The first-order chi connectivity index (χ1) is 16.8. The van der Waals surface area contributed by atoms with Gasteiger partial charge in [-0.15, -0.1) is 0 Å². The van der Waals surface area contributed by atoms with Crippen LogP contribution in [-0.4, -0.2) is 33.0 Å². The van der Waals surface area contributed by atoms with Crippen molar-refractivity contribution in [3.63, 3.8) is 0 Å². The monoisotopic (exact) mass is 475 g/mol. The van der Waals surface area contributed by atoms with Gasteiger partial charge in [-0.05, 0) is 74.8 Å². The number of pyridine rings is 1. The highest BCUT2D eigenvalue weighted by atomic mass is 16.5. The summed E-state index contributed by atoms with van der Waals surface area (Å²) >= 11 is 0. The van der Waals surface area contributed by atoms with E-state index >= 15 is 0 Å². The van der Waals surface area contributed by atoms with Crippen LogP contribution in [0.2, 0.25) is 0 Å². The summed E-state index contributed by atoms with van der Waals surface area (Å²) < 4.78 is 7.93. The molecule has 0 saturated heterocycles. The molecule has 0 unspecified atom stereocenters. The molecule has 1 amide bonds. The molecular weight excluding hydrogens is 442 g/mol. The van der Waals surface area contributed by atoms with E-state index in [-0.39, 0.29) is 5.91 Å². The van der Waals surface area contributed by atoms with Gasteiger partial charge in [0.2, 0.25) is 0 Å². The summed E-state index contributed by atoms with van der Waals surface area (Å²) in [6, 6.07) is 9.57. The quantitative estimate of drug-likeness (QED) is 0.534. The molecule has 3 aromatic rings. The molecular formula is C28H33N3O4. The molecule has 2 N–H and O–H groups in total. The number of carbonyl (C=O) groups is 2. The van der Waals surface area contributed by atoms with Gasteiger partial charge in [0.25, 0.3) is 5.91 Å². The number of hydrogen-bond donors (Lipinski definition) is 2. The molecule has 5 rings (SSSR count). The van der Waals surface area contributed by atoms with Crippen LogP contribution < -0.4 is 10.1 Å². The SMILES string of the molecule is Cc1cccc2c1C[C@@H](C(=O)O)[C@]2(C)NC(=O)c1c(C)nc2c(OCC3CCCCC3)cccn12. The molecule has 1 fully saturated rings. The molecule has 2 aliphatic carbocycles. The van der Waals surface area contributed by atoms with E-state index < -0.39 is 17.4 Å². The number of nitrogens with zero attached hydrogens (tertiary/aromatic N) is 2. The van der Waals surface area contributed by atoms with Crippen LogP contribution >= 0.6 is 0 Å². The molecule has 35 heavy (non-hydrogen) atoms. The van der Waals surface area contributed by atoms with Gasteiger partial charge in [0.05, 0.1) is 23.8 Å². The topological polar surface area (TPSA) is 92.9 Å². The van der Waals surface area contributed by atoms with Crippen molar-refractivity contribution in [1.82, 2.24) is 14.7 Å². The minimum atomic E-state index is -1.03. The number of carboxylic acids is 1. The van der Waals surface area contributed by atoms with E-state index in [4.69, 9.17) is 4.74 Å². The first-order valence-electron chi connectivity index (χ1n) is 12.5. The summed E-state index contributed by atoms with van der Waals surface area (Å²) in [5.74, 6) is -0.797. The number of rotatable bonds is 6. The number of aromatic nitrogens is 2. The molecule has 0 radical (unpaired) electrons. The molecule has 0 bridgehead atoms. The summed E-state index contributed by atoms with van der Waals surface area (Å²) in [7, 11) is 0. The molecule has 0 aliphatic heterocycles. The lowest BCUT2D eigenvalue weighted by molar-refractivity contribution is -0.144. The summed E-state index contributed by atoms with van der Waals surface area (Å²) in [4.78, 5) is 30.5. The maximum Gasteiger partial charge on any atom is 0.309 e. The lowest BCUT2D eigenvalue weighted by Gasteiger charge is -2.31. The Bertz CT molecular complexity index is 1290. The predicted molar refractivity (Wildman–Crippen MR) is 133 cm³/mol. The van der Waals surface area contributed by atoms with E-state index in [1.807, 2.05) is 50.4 Å². The Kier molecular flexibility index (Phi) is 6.03. The van der Waals surface area contributed by atoms with Gasteiger partial charge in [-0.1, -0.05) is 37.5 Å². The van der Waals surface area contributed by atoms with Crippen LogP contribution in [0.5, 0.6) is 5.75 Å². The van der Waals surface area contributed by atoms with Crippen LogP contribution in [0.4, 0.5) is 0 Å². The third kappa shape index (κ3) is 4.07. The minimum Gasteiger partial charge on any atom is -0.489 e. The average Bonchev–Trinajstić information content (AvgIpc) is 3.33. The van der Waals surface area contributed by atoms with Gasteiger partial charge < -0.3 is 15.2 Å². The Morgan fingerprint density at radius 3 is 2.69 bits per heavy atom. The van der Waals surface area contributed by atoms with E-state index in [0.717, 1.165) is 16.7 Å². The van der Waals surface area contributed by atoms with E-state index in [2.05, 4.69) is 10.3 Å². The Hall–Kier alpha value is -3.35. The Morgan fingerprint density at radius 1 is 1.17 bits per heavy atom. The van der Waals surface area contributed by atoms with Crippen LogP contribution in [0.15, 0.2) is 36.5 Å². The zero-order valence-electron chi connectivity index (χ0n) is 20.6. The second kappa shape index (κ2) is 9.02. The van der Waals surface area contributed by atoms with Gasteiger partial charge in [0, 0.05) is 6.20 Å². The van der Waals surface area contributed by atoms with Gasteiger partial charge >= 0.3 is 5.97 Å². The molecule has 7 nitrogen and oxygen atoms in total. The van der Waals surface area contributed by atoms with Gasteiger partial charge in [-0.3, -0.25) is 14.0 Å². The van der Waals surface area contributed by atoms with Gasteiger partial charge in [-0.25, -0.2) is 4.98 Å². The van der Waals surface area contributed by atoms with E-state index in [0.29, 0.717) is 41.7 Å². The molecule has 7 heteroatoms. The van der Waals surface area contributed by atoms with Crippen molar-refractivity contribution in [2.75, 3.05) is 6.61 Å². The highest BCUT2D eigenvalue weighted by molar-refractivity contribution is 5.96. The maximum absolute atomic E-state index is 13.7. The first kappa shape index (κ1) is 23.4. The van der Waals surface area contributed by atoms with Crippen LogP contribution in [0, 0.1) is 25.7 Å². The fourth-order valence-corrected chi connectivity index (χ4v) is 5.94. The van der Waals surface area contributed by atoms with Crippen LogP contribution in [-0.2, 0) is 16.8 Å². The van der Waals surface area contributed by atoms with Crippen molar-refractivity contribution < 1.29 is 19.4 Å². The molecule has 2 aliphatic rings. The number of ether oxygens (including phenoxy) is 1. The van der Waals surface area contributed by atoms with Gasteiger partial charge in [-0.2, -0.15) is 0 Å². The van der Waals surface area contributed by atoms with E-state index in [1.165, 1.54) is 32.1 Å². The molecule has 0 spiro atoms. The number of fused-ring (bicyclic) bond motifs is 2. The van der Waals surface area contributed by atoms with Gasteiger partial charge in [0.1, 0.15) is 5.69 Å². The second-order valence-electron chi connectivity index (χ2n) is 10.3. The number of imidazole rings is 1. The summed E-state index contributed by atoms with van der Waals surface area (Å²) in [5, 5.41) is 13.1. The van der Waals surface area contributed by atoms with E-state index in [1.54, 1.807) is 11.3 Å². The number of benzene rings is 1. The normalized spacial score (nSPS) is 22.2. The summed E-state index contributed by atoms with van der Waals surface area (Å²) in [6.45, 7) is 6.25. The van der Waals surface area contributed by atoms with Crippen molar-refractivity contribution >= 4 is 17.5 Å². The third-order valence-electron chi connectivity index (χ3n) is 7.95. The fourth-order valence-electron chi connectivity index (χ4n) is 5.94. The standard InChI is InChI=1S/C28H33N3O4/c1-17-9-7-12-21-20(17)15-22(27(33)34)28(21,3)30-26(32)24-18(2)29-25-23(13-8-14-31(24)25)35-16-19-10-5-4-6-11-19/h7-9,12-14,19,22H,4-6,10-11,15-16H2,1-3H3,(H,30,32)(H,33,34)/t22-,28+/m0/s1. The highest BCUT2D eigenvalue weighted by Gasteiger charge is 2.49. The Balaban J connectivity index is 1.46. The molecule has 1 aromatic carbocycles. The molecule has 2 aromatic heterocycles. The Labute approximate surface area is 205 Å². The number of aliphatic carboxylic acids is 1. The zero-order chi connectivity index (χ0) is 24.7. The van der Waals surface area contributed by atoms with Crippen LogP contribution in [0.25, 0.3) is 5.65 Å². The minimum absolute atomic E-state index is 0.345. The molecule has 184 valence electrons. The average molecular weight is 476 g/mol. The number of carbonyl (C=O) groups excluding carboxylic acids is 1. The molecule has 2 atom stereocenters. The maximum atomic E-state index is 13.7. The molecule has 2 heterocycles. The lowest BCUT2D eigenvalue weighted by Crippen LogP contribution is -2.49. The van der Waals surface area contributed by atoms with Crippen molar-refractivity contribution in [3.8, 4) is 5.75 Å². The zero-order valence-corrected chi connectivity index (χ0v) is 20.6. The fraction of sp³-hybridized carbons (Fsp3) is 0.464. The smallest absolute Gasteiger partial charge is 0.309 e. The van der Waals surface area contributed by atoms with E-state index in [9.17, 15) is 14.7 Å². The number of amides is 1. The third-order valence-corrected chi connectivity index (χ3v) is 7.95. The lowest BCUT2D eigenvalue weighted by atomic mass is 9.85. The highest BCUT2D eigenvalue weighted by Crippen LogP contribution is 2.43. The predicted octanol–water partition coefficient (Wildman–Crippen LogP) is 4.81. The van der Waals surface area contributed by atoms with Crippen molar-refractivity contribution in [2.24, 2.45) is 11.8 Å². The number of carboxylic acid groups (broad SMARTS) is 1. The number of hydrogen-bond acceptors (Lipinski definition) is 4. The number of nitrogens with one attached hydrogen (secondary N) is 1. The van der Waals surface area contributed by atoms with Crippen molar-refractivity contribution in [3.05, 3.63) is 64.6 Å². The first-order valence-corrected chi connectivity index (χ1v) is 12.5. The van der Waals surface area contributed by atoms with Crippen LogP contribution in [0.1, 0.15) is 71.9 Å².